The summed E-state index contributed by atoms with van der Waals surface area (Å²) in [5.74, 6) is 2.25. The van der Waals surface area contributed by atoms with Gasteiger partial charge in [-0.1, -0.05) is 146 Å². The normalized spacial score (nSPS) is 16.6. The summed E-state index contributed by atoms with van der Waals surface area (Å²) in [7, 11) is 0. The molecule has 294 valence electrons. The van der Waals surface area contributed by atoms with E-state index in [-0.39, 0.29) is 11.8 Å². The molecule has 9 aromatic carbocycles. The third-order valence-electron chi connectivity index (χ3n) is 14.2. The first-order chi connectivity index (χ1) is 30.7. The van der Waals surface area contributed by atoms with Gasteiger partial charge in [-0.2, -0.15) is 0 Å². The molecule has 3 heterocycles. The first-order valence-corrected chi connectivity index (χ1v) is 21.9. The van der Waals surface area contributed by atoms with Crippen molar-refractivity contribution in [2.24, 2.45) is 0 Å². The molecule has 1 aromatic heterocycles. The summed E-state index contributed by atoms with van der Waals surface area (Å²) in [5, 5.41) is 2.57. The molecule has 3 heteroatoms. The number of hydrogen-bond acceptors (Lipinski definition) is 2. The third-order valence-corrected chi connectivity index (χ3v) is 14.2. The van der Waals surface area contributed by atoms with E-state index < -0.39 is 5.41 Å². The number of benzene rings is 9. The van der Waals surface area contributed by atoms with E-state index >= 15 is 0 Å². The van der Waals surface area contributed by atoms with Crippen LogP contribution in [0.3, 0.4) is 0 Å². The molecule has 2 aliphatic heterocycles. The summed E-state index contributed by atoms with van der Waals surface area (Å²) in [5.41, 5.74) is 18.0. The number of fused-ring (bicyclic) bond motifs is 14. The van der Waals surface area contributed by atoms with Crippen molar-refractivity contribution in [3.8, 4) is 28.3 Å². The summed E-state index contributed by atoms with van der Waals surface area (Å²) in [6.45, 7) is 2.44. The van der Waals surface area contributed by atoms with E-state index in [1.165, 1.54) is 83.4 Å². The van der Waals surface area contributed by atoms with E-state index in [4.69, 9.17) is 4.74 Å². The number of rotatable bonds is 3. The van der Waals surface area contributed by atoms with Gasteiger partial charge < -0.3 is 14.2 Å². The topological polar surface area (TPSA) is 17.4 Å². The highest BCUT2D eigenvalue weighted by Crippen LogP contribution is 2.64. The predicted molar refractivity (Wildman–Crippen MR) is 254 cm³/mol. The average Bonchev–Trinajstić information content (AvgIpc) is 3.61. The van der Waals surface area contributed by atoms with Crippen LogP contribution in [0.1, 0.15) is 57.7 Å². The fraction of sp³-hybridized carbons (Fsp3) is 0.0847. The Morgan fingerprint density at radius 3 is 1.85 bits per heavy atom. The molecule has 0 saturated heterocycles. The summed E-state index contributed by atoms with van der Waals surface area (Å²) in [6.07, 6.45) is 0.934. The minimum absolute atomic E-state index is 0.193. The third kappa shape index (κ3) is 4.88. The molecular formula is C59H42N2O. The maximum Gasteiger partial charge on any atom is 0.132 e. The van der Waals surface area contributed by atoms with Crippen LogP contribution in [0.4, 0.5) is 17.1 Å². The second kappa shape index (κ2) is 13.4. The Morgan fingerprint density at radius 2 is 1.08 bits per heavy atom. The Balaban J connectivity index is 1.05. The molecule has 0 bridgehead atoms. The number of aromatic nitrogens is 1. The van der Waals surface area contributed by atoms with Crippen LogP contribution in [0.25, 0.3) is 38.6 Å². The fourth-order valence-electron chi connectivity index (χ4n) is 11.5. The monoisotopic (exact) mass is 794 g/mol. The van der Waals surface area contributed by atoms with E-state index in [2.05, 4.69) is 229 Å². The highest BCUT2D eigenvalue weighted by molar-refractivity contribution is 6.09. The summed E-state index contributed by atoms with van der Waals surface area (Å²) in [6, 6.07) is 78.4. The molecule has 2 atom stereocenters. The SMILES string of the molecule is CC1c2cc3c(cc2-c2ccccc2CC1c1ccc2c(c1)c1ccccc1n2-c1ccccc1)C1(c2ccccc2O3)c2ccccc2N(c2ccccc2)c2ccccc21. The average molecular weight is 795 g/mol. The van der Waals surface area contributed by atoms with Gasteiger partial charge in [0, 0.05) is 33.3 Å². The van der Waals surface area contributed by atoms with Crippen LogP contribution >= 0.6 is 0 Å². The fourth-order valence-corrected chi connectivity index (χ4v) is 11.5. The van der Waals surface area contributed by atoms with E-state index in [1.807, 2.05) is 0 Å². The van der Waals surface area contributed by atoms with Gasteiger partial charge in [-0.05, 0) is 130 Å². The van der Waals surface area contributed by atoms with Crippen LogP contribution < -0.4 is 9.64 Å². The van der Waals surface area contributed by atoms with E-state index in [0.29, 0.717) is 0 Å². The van der Waals surface area contributed by atoms with Crippen molar-refractivity contribution in [1.29, 1.82) is 0 Å². The molecule has 0 radical (unpaired) electrons. The molecule has 3 aliphatic rings. The van der Waals surface area contributed by atoms with E-state index in [9.17, 15) is 0 Å². The van der Waals surface area contributed by atoms with Gasteiger partial charge in [0.05, 0.1) is 27.8 Å². The number of para-hydroxylation sites is 6. The number of anilines is 3. The molecule has 3 nitrogen and oxygen atoms in total. The maximum atomic E-state index is 7.16. The van der Waals surface area contributed by atoms with Crippen LogP contribution in [-0.2, 0) is 11.8 Å². The Labute approximate surface area is 361 Å². The first-order valence-electron chi connectivity index (χ1n) is 21.9. The van der Waals surface area contributed by atoms with Crippen molar-refractivity contribution in [2.75, 3.05) is 4.90 Å². The van der Waals surface area contributed by atoms with Crippen LogP contribution in [0.2, 0.25) is 0 Å². The number of hydrogen-bond donors (Lipinski definition) is 0. The van der Waals surface area contributed by atoms with Crippen molar-refractivity contribution in [3.05, 3.63) is 251 Å². The zero-order valence-electron chi connectivity index (χ0n) is 34.4. The zero-order valence-corrected chi connectivity index (χ0v) is 34.4. The number of nitrogens with zero attached hydrogens (tertiary/aromatic N) is 2. The van der Waals surface area contributed by atoms with Gasteiger partial charge in [0.2, 0.25) is 0 Å². The lowest BCUT2D eigenvalue weighted by molar-refractivity contribution is 0.432. The van der Waals surface area contributed by atoms with Gasteiger partial charge in [0.15, 0.2) is 0 Å². The van der Waals surface area contributed by atoms with Crippen molar-refractivity contribution >= 4 is 38.9 Å². The van der Waals surface area contributed by atoms with Gasteiger partial charge >= 0.3 is 0 Å². The lowest BCUT2D eigenvalue weighted by atomic mass is 9.60. The minimum atomic E-state index is -0.639. The Kier molecular flexibility index (Phi) is 7.62. The second-order valence-electron chi connectivity index (χ2n) is 17.2. The Bertz CT molecular complexity index is 3350. The van der Waals surface area contributed by atoms with Crippen molar-refractivity contribution in [1.82, 2.24) is 4.57 Å². The van der Waals surface area contributed by atoms with Crippen molar-refractivity contribution < 1.29 is 4.74 Å². The molecule has 0 fully saturated rings. The molecule has 0 saturated carbocycles. The molecule has 1 aliphatic carbocycles. The predicted octanol–water partition coefficient (Wildman–Crippen LogP) is 15.2. The molecule has 62 heavy (non-hydrogen) atoms. The van der Waals surface area contributed by atoms with Crippen LogP contribution in [0.5, 0.6) is 11.5 Å². The van der Waals surface area contributed by atoms with Gasteiger partial charge in [0.1, 0.15) is 11.5 Å². The standard InChI is InChI=1S/C59H42N2O/c1-38-45(40-32-33-54-48(35-40)44-24-10-14-28-53(44)60(54)41-19-4-2-5-20-41)34-39-18-8-9-23-43(39)47-36-52-58(37-46(38)47)62-57-31-17-13-27-51(57)59(52)49-25-11-15-29-55(49)61(42-21-6-3-7-22-42)56-30-16-12-26-50(56)59/h2-33,35-38,45H,34H2,1H3. The Hall–Kier alpha value is -7.62. The highest BCUT2D eigenvalue weighted by Gasteiger charge is 2.51. The molecule has 1 spiro atoms. The maximum absolute atomic E-state index is 7.16. The largest absolute Gasteiger partial charge is 0.457 e. The lowest BCUT2D eigenvalue weighted by Crippen LogP contribution is -2.39. The van der Waals surface area contributed by atoms with Crippen LogP contribution in [0.15, 0.2) is 212 Å². The molecule has 0 N–H and O–H groups in total. The zero-order chi connectivity index (χ0) is 40.9. The van der Waals surface area contributed by atoms with Crippen LogP contribution in [0, 0.1) is 0 Å². The van der Waals surface area contributed by atoms with Gasteiger partial charge in [-0.3, -0.25) is 0 Å². The summed E-state index contributed by atoms with van der Waals surface area (Å²) in [4.78, 5) is 2.44. The Morgan fingerprint density at radius 1 is 0.468 bits per heavy atom. The molecule has 10 aromatic rings. The van der Waals surface area contributed by atoms with E-state index in [1.54, 1.807) is 0 Å². The van der Waals surface area contributed by atoms with Crippen molar-refractivity contribution in [2.45, 2.75) is 30.6 Å². The lowest BCUT2D eigenvalue weighted by Gasteiger charge is -2.49. The van der Waals surface area contributed by atoms with Gasteiger partial charge in [-0.25, -0.2) is 0 Å². The second-order valence-corrected chi connectivity index (χ2v) is 17.2. The summed E-state index contributed by atoms with van der Waals surface area (Å²) < 4.78 is 9.58. The smallest absolute Gasteiger partial charge is 0.132 e. The van der Waals surface area contributed by atoms with Gasteiger partial charge in [-0.15, -0.1) is 0 Å². The summed E-state index contributed by atoms with van der Waals surface area (Å²) >= 11 is 0. The molecule has 0 amide bonds. The number of ether oxygens (including phenoxy) is 1. The quantitative estimate of drug-likeness (QED) is 0.177. The molecule has 2 unspecified atom stereocenters. The molecule has 13 rings (SSSR count). The first kappa shape index (κ1) is 35.2. The molecular weight excluding hydrogens is 753 g/mol. The highest BCUT2D eigenvalue weighted by atomic mass is 16.5. The minimum Gasteiger partial charge on any atom is -0.457 e. The van der Waals surface area contributed by atoms with Crippen LogP contribution in [-0.4, -0.2) is 4.57 Å². The van der Waals surface area contributed by atoms with E-state index in [0.717, 1.165) is 29.2 Å². The van der Waals surface area contributed by atoms with Crippen molar-refractivity contribution in [3.63, 3.8) is 0 Å². The van der Waals surface area contributed by atoms with Gasteiger partial charge in [0.25, 0.3) is 0 Å².